The molecule has 2 aromatic heterocycles. The van der Waals surface area contributed by atoms with E-state index in [1.165, 1.54) is 0 Å². The molecule has 3 heterocycles. The van der Waals surface area contributed by atoms with E-state index in [0.29, 0.717) is 19.9 Å². The summed E-state index contributed by atoms with van der Waals surface area (Å²) in [4.78, 5) is 6.75. The van der Waals surface area contributed by atoms with Gasteiger partial charge in [0.25, 0.3) is 0 Å². The Bertz CT molecular complexity index is 1140. The second-order valence-corrected chi connectivity index (χ2v) is 25.5. The average Bonchev–Trinajstić information content (AvgIpc) is 3.51. The molecule has 40 heavy (non-hydrogen) atoms. The van der Waals surface area contributed by atoms with E-state index in [1.807, 2.05) is 24.4 Å². The maximum atomic E-state index is 10.4. The van der Waals surface area contributed by atoms with Gasteiger partial charge in [-0.1, -0.05) is 45.4 Å². The zero-order valence-corrected chi connectivity index (χ0v) is 27.8. The lowest BCUT2D eigenvalue weighted by Crippen LogP contribution is -2.37. The molecule has 0 radical (unpaired) electrons. The van der Waals surface area contributed by atoms with E-state index in [1.54, 1.807) is 6.33 Å². The fraction of sp³-hybridized carbons (Fsp3) is 0.724. The minimum absolute atomic E-state index is 0.0309. The Morgan fingerprint density at radius 3 is 2.25 bits per heavy atom. The molecular formula is C29H50N4O5Si2. The van der Waals surface area contributed by atoms with E-state index in [0.717, 1.165) is 42.3 Å². The van der Waals surface area contributed by atoms with Gasteiger partial charge in [-0.15, -0.1) is 6.58 Å². The predicted molar refractivity (Wildman–Crippen MR) is 164 cm³/mol. The summed E-state index contributed by atoms with van der Waals surface area (Å²) in [5.41, 5.74) is 1.31. The minimum atomic E-state index is -1.20. The molecule has 1 saturated heterocycles. The van der Waals surface area contributed by atoms with Crippen LogP contribution < -0.4 is 4.90 Å². The molecule has 4 rings (SSSR count). The first kappa shape index (κ1) is 31.3. The Kier molecular flexibility index (Phi) is 9.36. The SMILES string of the molecule is C=C[C@@]1(CO)C[C@@H](c2ccc3c(N(COCC[Si](C)(C)C)COCC[Si](C)(C)C)ncnn23)[C@@H]2OC(C)(C)O[C@@H]21. The highest BCUT2D eigenvalue weighted by molar-refractivity contribution is 6.76. The number of hydrogen-bond acceptors (Lipinski definition) is 8. The van der Waals surface area contributed by atoms with E-state index in [2.05, 4.69) is 68.0 Å². The molecule has 2 aliphatic rings. The molecule has 0 unspecified atom stereocenters. The largest absolute Gasteiger partial charge is 0.395 e. The molecule has 1 saturated carbocycles. The first-order valence-electron chi connectivity index (χ1n) is 14.5. The van der Waals surface area contributed by atoms with Crippen molar-refractivity contribution in [2.24, 2.45) is 5.41 Å². The number of aromatic nitrogens is 3. The second-order valence-electron chi connectivity index (χ2n) is 14.3. The first-order valence-corrected chi connectivity index (χ1v) is 21.9. The predicted octanol–water partition coefficient (Wildman–Crippen LogP) is 5.33. The van der Waals surface area contributed by atoms with Gasteiger partial charge in [0.2, 0.25) is 0 Å². The third-order valence-electron chi connectivity index (χ3n) is 8.02. The quantitative estimate of drug-likeness (QED) is 0.137. The Balaban J connectivity index is 1.61. The fourth-order valence-corrected chi connectivity index (χ4v) is 7.11. The van der Waals surface area contributed by atoms with Crippen LogP contribution in [0.2, 0.25) is 51.4 Å². The number of anilines is 1. The number of hydrogen-bond donors (Lipinski definition) is 1. The highest BCUT2D eigenvalue weighted by Gasteiger charge is 2.60. The summed E-state index contributed by atoms with van der Waals surface area (Å²) < 4.78 is 27.0. The lowest BCUT2D eigenvalue weighted by atomic mass is 9.84. The highest BCUT2D eigenvalue weighted by Crippen LogP contribution is 2.55. The smallest absolute Gasteiger partial charge is 0.163 e. The number of fused-ring (bicyclic) bond motifs is 2. The van der Waals surface area contributed by atoms with E-state index in [-0.39, 0.29) is 24.7 Å². The van der Waals surface area contributed by atoms with Crippen molar-refractivity contribution in [1.29, 1.82) is 0 Å². The number of nitrogens with zero attached hydrogens (tertiary/aromatic N) is 4. The van der Waals surface area contributed by atoms with Gasteiger partial charge in [0.05, 0.1) is 18.8 Å². The zero-order chi connectivity index (χ0) is 29.3. The summed E-state index contributed by atoms with van der Waals surface area (Å²) in [6, 6.07) is 6.36. The van der Waals surface area contributed by atoms with Crippen LogP contribution in [0.5, 0.6) is 0 Å². The van der Waals surface area contributed by atoms with Crippen molar-refractivity contribution in [3.63, 3.8) is 0 Å². The Labute approximate surface area is 241 Å². The number of rotatable bonds is 14. The normalized spacial score (nSPS) is 26.4. The molecule has 2 aromatic rings. The van der Waals surface area contributed by atoms with Crippen LogP contribution >= 0.6 is 0 Å². The van der Waals surface area contributed by atoms with Crippen LogP contribution in [-0.4, -0.2) is 87.1 Å². The minimum Gasteiger partial charge on any atom is -0.395 e. The second kappa shape index (κ2) is 11.9. The standard InChI is InChI=1S/C29H50N4O5Si2/c1-10-29(18-34)17-22(25-26(29)38-28(2,3)37-25)23-11-12-24-27(30-19-31-33(23)24)32(20-35-13-15-39(4,5)6)21-36-14-16-40(7,8)9/h10-12,19,22,25-26,34H,1,13-18,20-21H2,2-9H3/t22-,25-,26-,29-/m0/s1. The van der Waals surface area contributed by atoms with Crippen LogP contribution in [0.25, 0.3) is 5.52 Å². The molecule has 1 aliphatic heterocycles. The number of aliphatic hydroxyl groups excluding tert-OH is 1. The third-order valence-corrected chi connectivity index (χ3v) is 11.4. The van der Waals surface area contributed by atoms with Crippen LogP contribution in [0.1, 0.15) is 31.9 Å². The number of ether oxygens (including phenoxy) is 4. The molecule has 11 heteroatoms. The van der Waals surface area contributed by atoms with Crippen LogP contribution in [-0.2, 0) is 18.9 Å². The van der Waals surface area contributed by atoms with Crippen molar-refractivity contribution in [2.45, 2.75) is 95.6 Å². The lowest BCUT2D eigenvalue weighted by molar-refractivity contribution is -0.165. The fourth-order valence-electron chi connectivity index (χ4n) is 5.59. The van der Waals surface area contributed by atoms with Crippen molar-refractivity contribution in [2.75, 3.05) is 38.2 Å². The monoisotopic (exact) mass is 590 g/mol. The molecular weight excluding hydrogens is 541 g/mol. The number of aliphatic hydroxyl groups is 1. The van der Waals surface area contributed by atoms with Crippen molar-refractivity contribution < 1.29 is 24.1 Å². The summed E-state index contributed by atoms with van der Waals surface area (Å²) >= 11 is 0. The molecule has 224 valence electrons. The highest BCUT2D eigenvalue weighted by atomic mass is 28.3. The van der Waals surface area contributed by atoms with Gasteiger partial charge in [-0.05, 0) is 44.5 Å². The van der Waals surface area contributed by atoms with Gasteiger partial charge in [0.15, 0.2) is 11.6 Å². The van der Waals surface area contributed by atoms with Gasteiger partial charge in [-0.25, -0.2) is 9.50 Å². The Hall–Kier alpha value is -1.61. The average molecular weight is 591 g/mol. The van der Waals surface area contributed by atoms with Gasteiger partial charge >= 0.3 is 0 Å². The summed E-state index contributed by atoms with van der Waals surface area (Å²) in [5.74, 6) is 0.0107. The van der Waals surface area contributed by atoms with Gasteiger partial charge in [0, 0.05) is 46.4 Å². The van der Waals surface area contributed by atoms with Gasteiger partial charge in [-0.3, -0.25) is 0 Å². The lowest BCUT2D eigenvalue weighted by Gasteiger charge is -2.30. The summed E-state index contributed by atoms with van der Waals surface area (Å²) in [6.07, 6.45) is 3.59. The van der Waals surface area contributed by atoms with Crippen molar-refractivity contribution in [3.8, 4) is 0 Å². The molecule has 0 aromatic carbocycles. The van der Waals surface area contributed by atoms with E-state index in [4.69, 9.17) is 23.9 Å². The topological polar surface area (TPSA) is 90.6 Å². The van der Waals surface area contributed by atoms with Crippen LogP contribution in [0.15, 0.2) is 31.1 Å². The third kappa shape index (κ3) is 7.05. The van der Waals surface area contributed by atoms with E-state index in [9.17, 15) is 5.11 Å². The molecule has 1 aliphatic carbocycles. The van der Waals surface area contributed by atoms with Crippen LogP contribution in [0.4, 0.5) is 5.82 Å². The molecule has 2 fully saturated rings. The maximum Gasteiger partial charge on any atom is 0.163 e. The van der Waals surface area contributed by atoms with Crippen molar-refractivity contribution >= 4 is 27.5 Å². The molecule has 0 amide bonds. The zero-order valence-electron chi connectivity index (χ0n) is 25.8. The van der Waals surface area contributed by atoms with Gasteiger partial charge in [0.1, 0.15) is 25.3 Å². The summed E-state index contributed by atoms with van der Waals surface area (Å²) in [5, 5.41) is 15.1. The summed E-state index contributed by atoms with van der Waals surface area (Å²) in [6.45, 7) is 24.2. The molecule has 9 nitrogen and oxygen atoms in total. The van der Waals surface area contributed by atoms with Gasteiger partial charge < -0.3 is 29.0 Å². The maximum absolute atomic E-state index is 10.4. The molecule has 0 bridgehead atoms. The van der Waals surface area contributed by atoms with Crippen LogP contribution in [0, 0.1) is 5.41 Å². The Morgan fingerprint density at radius 1 is 1.07 bits per heavy atom. The van der Waals surface area contributed by atoms with Crippen molar-refractivity contribution in [3.05, 3.63) is 36.8 Å². The van der Waals surface area contributed by atoms with E-state index >= 15 is 0 Å². The molecule has 0 spiro atoms. The van der Waals surface area contributed by atoms with Crippen molar-refractivity contribution in [1.82, 2.24) is 14.6 Å². The first-order chi connectivity index (χ1) is 18.7. The summed E-state index contributed by atoms with van der Waals surface area (Å²) in [7, 11) is -2.41. The van der Waals surface area contributed by atoms with E-state index < -0.39 is 27.3 Å². The van der Waals surface area contributed by atoms with Gasteiger partial charge in [-0.2, -0.15) is 5.10 Å². The molecule has 4 atom stereocenters. The Morgan fingerprint density at radius 2 is 1.70 bits per heavy atom. The molecule has 1 N–H and O–H groups in total. The van der Waals surface area contributed by atoms with Crippen LogP contribution in [0.3, 0.4) is 0 Å².